The van der Waals surface area contributed by atoms with Crippen LogP contribution in [0.4, 0.5) is 10.6 Å². The molecule has 0 saturated carbocycles. The van der Waals surface area contributed by atoms with Gasteiger partial charge in [-0.15, -0.1) is 0 Å². The molecule has 1 N–H and O–H groups in total. The summed E-state index contributed by atoms with van der Waals surface area (Å²) in [5.41, 5.74) is 1.38. The largest absolute Gasteiger partial charge is 0.324 e. The number of nitrogens with zero attached hydrogens (tertiary/aromatic N) is 3. The molecule has 0 aliphatic carbocycles. The van der Waals surface area contributed by atoms with Gasteiger partial charge in [0.15, 0.2) is 5.82 Å². The Morgan fingerprint density at radius 2 is 1.95 bits per heavy atom. The molecular weight excluding hydrogens is 276 g/mol. The number of urea groups is 1. The zero-order chi connectivity index (χ0) is 15.2. The van der Waals surface area contributed by atoms with E-state index in [1.54, 1.807) is 18.6 Å². The van der Waals surface area contributed by atoms with Crippen molar-refractivity contribution in [2.45, 2.75) is 19.3 Å². The number of aromatic nitrogens is 2. The Bertz CT molecular complexity index is 595. The summed E-state index contributed by atoms with van der Waals surface area (Å²) in [4.78, 5) is 22.0. The van der Waals surface area contributed by atoms with Gasteiger partial charge in [-0.05, 0) is 30.7 Å². The maximum atomic E-state index is 12.2. The minimum Gasteiger partial charge on any atom is -0.324 e. The van der Waals surface area contributed by atoms with E-state index in [2.05, 4.69) is 39.6 Å². The second-order valence-electron chi connectivity index (χ2n) is 5.64. The Morgan fingerprint density at radius 1 is 1.18 bits per heavy atom. The number of hydrogen-bond acceptors (Lipinski definition) is 3. The summed E-state index contributed by atoms with van der Waals surface area (Å²) in [6.45, 7) is 1.59. The third-order valence-electron chi connectivity index (χ3n) is 4.07. The molecule has 1 aliphatic heterocycles. The SMILES string of the molecule is O=C(Nc1cnccn1)N1CCC(Cc2ccccc2)CC1. The van der Waals surface area contributed by atoms with Crippen molar-refractivity contribution in [2.24, 2.45) is 5.92 Å². The molecule has 22 heavy (non-hydrogen) atoms. The Hall–Kier alpha value is -2.43. The van der Waals surface area contributed by atoms with Gasteiger partial charge in [0.1, 0.15) is 0 Å². The van der Waals surface area contributed by atoms with Crippen molar-refractivity contribution in [2.75, 3.05) is 18.4 Å². The summed E-state index contributed by atoms with van der Waals surface area (Å²) in [6, 6.07) is 10.5. The Balaban J connectivity index is 1.48. The van der Waals surface area contributed by atoms with Crippen molar-refractivity contribution in [1.29, 1.82) is 0 Å². The first-order chi connectivity index (χ1) is 10.8. The first kappa shape index (κ1) is 14.5. The highest BCUT2D eigenvalue weighted by atomic mass is 16.2. The van der Waals surface area contributed by atoms with Crippen LogP contribution >= 0.6 is 0 Å². The predicted octanol–water partition coefficient (Wildman–Crippen LogP) is 2.96. The summed E-state index contributed by atoms with van der Waals surface area (Å²) < 4.78 is 0. The summed E-state index contributed by atoms with van der Waals surface area (Å²) in [6.07, 6.45) is 7.90. The molecule has 1 fully saturated rings. The fourth-order valence-corrected chi connectivity index (χ4v) is 2.84. The molecule has 1 aromatic carbocycles. The van der Waals surface area contributed by atoms with Crippen LogP contribution in [0.5, 0.6) is 0 Å². The lowest BCUT2D eigenvalue weighted by Crippen LogP contribution is -2.41. The van der Waals surface area contributed by atoms with Crippen LogP contribution in [-0.2, 0) is 6.42 Å². The van der Waals surface area contributed by atoms with Crippen LogP contribution in [0.3, 0.4) is 0 Å². The van der Waals surface area contributed by atoms with Gasteiger partial charge in [-0.25, -0.2) is 9.78 Å². The monoisotopic (exact) mass is 296 g/mol. The molecule has 5 nitrogen and oxygen atoms in total. The molecule has 1 aliphatic rings. The highest BCUT2D eigenvalue weighted by molar-refractivity contribution is 5.88. The minimum atomic E-state index is -0.0846. The Morgan fingerprint density at radius 3 is 2.64 bits per heavy atom. The average Bonchev–Trinajstić information content (AvgIpc) is 2.57. The van der Waals surface area contributed by atoms with Crippen molar-refractivity contribution in [3.05, 3.63) is 54.5 Å². The fourth-order valence-electron chi connectivity index (χ4n) is 2.84. The molecule has 5 heteroatoms. The van der Waals surface area contributed by atoms with Gasteiger partial charge in [0.25, 0.3) is 0 Å². The van der Waals surface area contributed by atoms with E-state index in [0.29, 0.717) is 11.7 Å². The van der Waals surface area contributed by atoms with Crippen molar-refractivity contribution in [3.8, 4) is 0 Å². The van der Waals surface area contributed by atoms with E-state index < -0.39 is 0 Å². The normalized spacial score (nSPS) is 15.5. The van der Waals surface area contributed by atoms with Crippen molar-refractivity contribution < 1.29 is 4.79 Å². The molecule has 0 unspecified atom stereocenters. The van der Waals surface area contributed by atoms with Gasteiger partial charge in [-0.1, -0.05) is 30.3 Å². The number of likely N-dealkylation sites (tertiary alicyclic amines) is 1. The van der Waals surface area contributed by atoms with E-state index >= 15 is 0 Å². The number of anilines is 1. The maximum absolute atomic E-state index is 12.2. The van der Waals surface area contributed by atoms with Crippen LogP contribution in [0.1, 0.15) is 18.4 Å². The lowest BCUT2D eigenvalue weighted by Gasteiger charge is -2.32. The number of piperidine rings is 1. The van der Waals surface area contributed by atoms with Gasteiger partial charge in [-0.2, -0.15) is 0 Å². The summed E-state index contributed by atoms with van der Waals surface area (Å²) in [5, 5.41) is 2.79. The third-order valence-corrected chi connectivity index (χ3v) is 4.07. The van der Waals surface area contributed by atoms with Crippen LogP contribution in [0.2, 0.25) is 0 Å². The molecule has 1 saturated heterocycles. The molecule has 0 bridgehead atoms. The highest BCUT2D eigenvalue weighted by Gasteiger charge is 2.23. The highest BCUT2D eigenvalue weighted by Crippen LogP contribution is 2.22. The topological polar surface area (TPSA) is 58.1 Å². The molecule has 0 atom stereocenters. The number of carbonyl (C=O) groups excluding carboxylic acids is 1. The lowest BCUT2D eigenvalue weighted by molar-refractivity contribution is 0.182. The molecule has 2 heterocycles. The van der Waals surface area contributed by atoms with Crippen LogP contribution in [0, 0.1) is 5.92 Å². The maximum Gasteiger partial charge on any atom is 0.323 e. The van der Waals surface area contributed by atoms with Crippen LogP contribution < -0.4 is 5.32 Å². The van der Waals surface area contributed by atoms with Gasteiger partial charge in [0.05, 0.1) is 6.20 Å². The molecule has 114 valence electrons. The lowest BCUT2D eigenvalue weighted by atomic mass is 9.90. The smallest absolute Gasteiger partial charge is 0.323 e. The summed E-state index contributed by atoms with van der Waals surface area (Å²) in [5.74, 6) is 1.15. The number of benzene rings is 1. The molecule has 0 spiro atoms. The zero-order valence-corrected chi connectivity index (χ0v) is 12.5. The van der Waals surface area contributed by atoms with Crippen molar-refractivity contribution in [1.82, 2.24) is 14.9 Å². The van der Waals surface area contributed by atoms with E-state index in [-0.39, 0.29) is 6.03 Å². The average molecular weight is 296 g/mol. The molecular formula is C17H20N4O. The molecule has 0 radical (unpaired) electrons. The number of amides is 2. The van der Waals surface area contributed by atoms with E-state index in [9.17, 15) is 4.79 Å². The zero-order valence-electron chi connectivity index (χ0n) is 12.5. The van der Waals surface area contributed by atoms with Gasteiger partial charge in [-0.3, -0.25) is 10.3 Å². The Labute approximate surface area is 130 Å². The molecule has 1 aromatic heterocycles. The van der Waals surface area contributed by atoms with Gasteiger partial charge in [0.2, 0.25) is 0 Å². The van der Waals surface area contributed by atoms with E-state index in [1.165, 1.54) is 5.56 Å². The molecule has 3 rings (SSSR count). The van der Waals surface area contributed by atoms with Crippen molar-refractivity contribution >= 4 is 11.8 Å². The van der Waals surface area contributed by atoms with Gasteiger partial charge in [0, 0.05) is 25.5 Å². The van der Waals surface area contributed by atoms with Gasteiger partial charge < -0.3 is 4.90 Å². The van der Waals surface area contributed by atoms with Crippen LogP contribution in [0.25, 0.3) is 0 Å². The molecule has 2 aromatic rings. The first-order valence-corrected chi connectivity index (χ1v) is 7.67. The second-order valence-corrected chi connectivity index (χ2v) is 5.64. The van der Waals surface area contributed by atoms with Gasteiger partial charge >= 0.3 is 6.03 Å². The number of hydrogen-bond donors (Lipinski definition) is 1. The predicted molar refractivity (Wildman–Crippen MR) is 85.5 cm³/mol. The number of carbonyl (C=O) groups is 1. The minimum absolute atomic E-state index is 0.0846. The summed E-state index contributed by atoms with van der Waals surface area (Å²) >= 11 is 0. The first-order valence-electron chi connectivity index (χ1n) is 7.67. The third kappa shape index (κ3) is 3.81. The summed E-state index contributed by atoms with van der Waals surface area (Å²) in [7, 11) is 0. The van der Waals surface area contributed by atoms with Crippen LogP contribution in [0.15, 0.2) is 48.9 Å². The van der Waals surface area contributed by atoms with E-state index in [4.69, 9.17) is 0 Å². The number of nitrogens with one attached hydrogen (secondary N) is 1. The van der Waals surface area contributed by atoms with Crippen LogP contribution in [-0.4, -0.2) is 34.0 Å². The fraction of sp³-hybridized carbons (Fsp3) is 0.353. The Kier molecular flexibility index (Phi) is 4.63. The second kappa shape index (κ2) is 7.02. The quantitative estimate of drug-likeness (QED) is 0.947. The number of rotatable bonds is 3. The van der Waals surface area contributed by atoms with Crippen molar-refractivity contribution in [3.63, 3.8) is 0 Å². The molecule has 2 amide bonds. The van der Waals surface area contributed by atoms with E-state index in [0.717, 1.165) is 32.4 Å². The van der Waals surface area contributed by atoms with E-state index in [1.807, 2.05) is 11.0 Å². The standard InChI is InChI=1S/C17H20N4O/c22-17(20-16-13-18-8-9-19-16)21-10-6-15(7-11-21)12-14-4-2-1-3-5-14/h1-5,8-9,13,15H,6-7,10-12H2,(H,19,20,22).